The zero-order chi connectivity index (χ0) is 12.3. The van der Waals surface area contributed by atoms with Crippen molar-refractivity contribution in [2.75, 3.05) is 7.11 Å². The second-order valence-corrected chi connectivity index (χ2v) is 4.63. The normalized spacial score (nSPS) is 10.5. The van der Waals surface area contributed by atoms with E-state index in [0.29, 0.717) is 6.42 Å². The van der Waals surface area contributed by atoms with E-state index < -0.39 is 0 Å². The number of hydrogen-bond acceptors (Lipinski definition) is 4. The number of ether oxygens (including phenoxy) is 1. The van der Waals surface area contributed by atoms with Gasteiger partial charge < -0.3 is 4.74 Å². The van der Waals surface area contributed by atoms with Crippen molar-refractivity contribution < 1.29 is 9.53 Å². The lowest BCUT2D eigenvalue weighted by molar-refractivity contribution is 0.0986. The molecule has 0 saturated heterocycles. The van der Waals surface area contributed by atoms with Crippen molar-refractivity contribution in [2.45, 2.75) is 12.8 Å². The van der Waals surface area contributed by atoms with E-state index in [2.05, 4.69) is 5.10 Å². The van der Waals surface area contributed by atoms with Gasteiger partial charge in [-0.25, -0.2) is 0 Å². The number of carbonyl (C=O) groups is 1. The number of aromatic nitrogens is 2. The SMILES string of the molecule is COc1csc(C(=O)CCc2ccnn2C)c1. The van der Waals surface area contributed by atoms with Crippen LogP contribution < -0.4 is 4.74 Å². The van der Waals surface area contributed by atoms with Gasteiger partial charge in [-0.15, -0.1) is 11.3 Å². The molecule has 0 saturated carbocycles. The number of ketones is 1. The molecule has 0 aliphatic carbocycles. The Balaban J connectivity index is 1.95. The van der Waals surface area contributed by atoms with Crippen molar-refractivity contribution in [3.63, 3.8) is 0 Å². The smallest absolute Gasteiger partial charge is 0.173 e. The Kier molecular flexibility index (Phi) is 3.58. The van der Waals surface area contributed by atoms with Gasteiger partial charge in [0.1, 0.15) is 5.75 Å². The van der Waals surface area contributed by atoms with E-state index >= 15 is 0 Å². The summed E-state index contributed by atoms with van der Waals surface area (Å²) in [5, 5.41) is 5.92. The third-order valence-corrected chi connectivity index (χ3v) is 3.57. The highest BCUT2D eigenvalue weighted by atomic mass is 32.1. The number of thiophene rings is 1. The van der Waals surface area contributed by atoms with Crippen LogP contribution in [0.3, 0.4) is 0 Å². The summed E-state index contributed by atoms with van der Waals surface area (Å²) in [7, 11) is 3.49. The van der Waals surface area contributed by atoms with Crippen LogP contribution in [0.25, 0.3) is 0 Å². The van der Waals surface area contributed by atoms with E-state index in [1.54, 1.807) is 24.1 Å². The average molecular weight is 250 g/mol. The summed E-state index contributed by atoms with van der Waals surface area (Å²) in [6.45, 7) is 0. The van der Waals surface area contributed by atoms with E-state index in [1.807, 2.05) is 18.5 Å². The molecule has 2 aromatic heterocycles. The average Bonchev–Trinajstić information content (AvgIpc) is 2.94. The first kappa shape index (κ1) is 11.9. The Morgan fingerprint density at radius 3 is 3.00 bits per heavy atom. The van der Waals surface area contributed by atoms with Crippen molar-refractivity contribution in [1.82, 2.24) is 9.78 Å². The Labute approximate surface area is 104 Å². The van der Waals surface area contributed by atoms with Crippen LogP contribution >= 0.6 is 11.3 Å². The van der Waals surface area contributed by atoms with Gasteiger partial charge in [-0.05, 0) is 12.5 Å². The lowest BCUT2D eigenvalue weighted by Crippen LogP contribution is -2.03. The third kappa shape index (κ3) is 2.74. The van der Waals surface area contributed by atoms with Crippen LogP contribution in [0.4, 0.5) is 0 Å². The van der Waals surface area contributed by atoms with E-state index in [0.717, 1.165) is 22.7 Å². The minimum absolute atomic E-state index is 0.152. The summed E-state index contributed by atoms with van der Waals surface area (Å²) in [5.41, 5.74) is 1.07. The van der Waals surface area contributed by atoms with E-state index in [1.165, 1.54) is 11.3 Å². The first-order chi connectivity index (χ1) is 8.20. The minimum atomic E-state index is 0.152. The van der Waals surface area contributed by atoms with Crippen LogP contribution in [0, 0.1) is 0 Å². The van der Waals surface area contributed by atoms with Crippen molar-refractivity contribution in [1.29, 1.82) is 0 Å². The molecule has 0 unspecified atom stereocenters. The lowest BCUT2D eigenvalue weighted by Gasteiger charge is -2.00. The van der Waals surface area contributed by atoms with Crippen molar-refractivity contribution >= 4 is 17.1 Å². The van der Waals surface area contributed by atoms with Crippen LogP contribution in [0.15, 0.2) is 23.7 Å². The monoisotopic (exact) mass is 250 g/mol. The molecule has 17 heavy (non-hydrogen) atoms. The Hall–Kier alpha value is -1.62. The number of nitrogens with zero attached hydrogens (tertiary/aromatic N) is 2. The fourth-order valence-electron chi connectivity index (χ4n) is 1.58. The number of rotatable bonds is 5. The maximum absolute atomic E-state index is 11.9. The molecule has 90 valence electrons. The number of carbonyl (C=O) groups excluding carboxylic acids is 1. The molecule has 2 heterocycles. The second-order valence-electron chi connectivity index (χ2n) is 3.72. The van der Waals surface area contributed by atoms with Gasteiger partial charge in [0, 0.05) is 36.8 Å². The molecule has 0 bridgehead atoms. The van der Waals surface area contributed by atoms with Gasteiger partial charge in [0.25, 0.3) is 0 Å². The summed E-state index contributed by atoms with van der Waals surface area (Å²) in [6, 6.07) is 3.72. The van der Waals surface area contributed by atoms with Crippen molar-refractivity contribution in [3.8, 4) is 5.75 Å². The predicted molar refractivity (Wildman–Crippen MR) is 66.7 cm³/mol. The lowest BCUT2D eigenvalue weighted by atomic mass is 10.1. The fraction of sp³-hybridized carbons (Fsp3) is 0.333. The van der Waals surface area contributed by atoms with E-state index in [9.17, 15) is 4.79 Å². The molecule has 0 spiro atoms. The molecule has 2 aromatic rings. The number of hydrogen-bond donors (Lipinski definition) is 0. The van der Waals surface area contributed by atoms with Gasteiger partial charge in [0.15, 0.2) is 5.78 Å². The van der Waals surface area contributed by atoms with Gasteiger partial charge in [-0.1, -0.05) is 0 Å². The second kappa shape index (κ2) is 5.14. The van der Waals surface area contributed by atoms with Crippen LogP contribution in [-0.2, 0) is 13.5 Å². The minimum Gasteiger partial charge on any atom is -0.496 e. The molecule has 0 atom stereocenters. The number of Topliss-reactive ketones (excluding diaryl/α,β-unsaturated/α-hetero) is 1. The zero-order valence-corrected chi connectivity index (χ0v) is 10.7. The molecule has 2 rings (SSSR count). The van der Waals surface area contributed by atoms with E-state index in [-0.39, 0.29) is 5.78 Å². The molecule has 5 heteroatoms. The van der Waals surface area contributed by atoms with Crippen LogP contribution in [0.5, 0.6) is 5.75 Å². The van der Waals surface area contributed by atoms with Crippen molar-refractivity contribution in [2.24, 2.45) is 7.05 Å². The summed E-state index contributed by atoms with van der Waals surface area (Å²) >= 11 is 1.43. The van der Waals surface area contributed by atoms with Crippen LogP contribution in [0.1, 0.15) is 21.8 Å². The van der Waals surface area contributed by atoms with Crippen LogP contribution in [-0.4, -0.2) is 22.7 Å². The summed E-state index contributed by atoms with van der Waals surface area (Å²) < 4.78 is 6.85. The molecule has 0 fully saturated rings. The topological polar surface area (TPSA) is 44.1 Å². The largest absolute Gasteiger partial charge is 0.496 e. The van der Waals surface area contributed by atoms with Gasteiger partial charge in [0.2, 0.25) is 0 Å². The highest BCUT2D eigenvalue weighted by Crippen LogP contribution is 2.22. The molecule has 0 amide bonds. The molecule has 0 radical (unpaired) electrons. The first-order valence-electron chi connectivity index (χ1n) is 5.33. The van der Waals surface area contributed by atoms with Crippen molar-refractivity contribution in [3.05, 3.63) is 34.3 Å². The van der Waals surface area contributed by atoms with E-state index in [4.69, 9.17) is 4.74 Å². The van der Waals surface area contributed by atoms with Gasteiger partial charge in [-0.2, -0.15) is 5.10 Å². The third-order valence-electron chi connectivity index (χ3n) is 2.62. The fourth-order valence-corrected chi connectivity index (χ4v) is 2.41. The molecule has 0 aliphatic heterocycles. The molecule has 0 aliphatic rings. The van der Waals surface area contributed by atoms with Gasteiger partial charge >= 0.3 is 0 Å². The van der Waals surface area contributed by atoms with Crippen LogP contribution in [0.2, 0.25) is 0 Å². The quantitative estimate of drug-likeness (QED) is 0.765. The van der Waals surface area contributed by atoms with Gasteiger partial charge in [-0.3, -0.25) is 9.48 Å². The summed E-state index contributed by atoms with van der Waals surface area (Å²) in [6.07, 6.45) is 2.97. The Morgan fingerprint density at radius 1 is 1.59 bits per heavy atom. The highest BCUT2D eigenvalue weighted by Gasteiger charge is 2.10. The molecule has 0 aromatic carbocycles. The Morgan fingerprint density at radius 2 is 2.41 bits per heavy atom. The van der Waals surface area contributed by atoms with Gasteiger partial charge in [0.05, 0.1) is 12.0 Å². The molecular weight excluding hydrogens is 236 g/mol. The Bertz CT molecular complexity index is 516. The summed E-state index contributed by atoms with van der Waals surface area (Å²) in [4.78, 5) is 12.7. The highest BCUT2D eigenvalue weighted by molar-refractivity contribution is 7.12. The molecule has 4 nitrogen and oxygen atoms in total. The number of aryl methyl sites for hydroxylation is 2. The molecular formula is C12H14N2O2S. The maximum atomic E-state index is 11.9. The summed E-state index contributed by atoms with van der Waals surface area (Å²) in [5.74, 6) is 0.901. The standard InChI is InChI=1S/C12H14N2O2S/c1-14-9(5-6-13-14)3-4-11(15)12-7-10(16-2)8-17-12/h5-8H,3-4H2,1-2H3. The molecule has 0 N–H and O–H groups in total. The zero-order valence-electron chi connectivity index (χ0n) is 9.84. The first-order valence-corrected chi connectivity index (χ1v) is 6.21. The number of methoxy groups -OCH3 is 1. The predicted octanol–water partition coefficient (Wildman–Crippen LogP) is 2.31. The maximum Gasteiger partial charge on any atom is 0.173 e.